The van der Waals surface area contributed by atoms with Crippen LogP contribution in [0.15, 0.2) is 6.20 Å². The lowest BCUT2D eigenvalue weighted by atomic mass is 10.2. The van der Waals surface area contributed by atoms with Gasteiger partial charge in [-0.15, -0.1) is 0 Å². The average molecular weight is 205 g/mol. The maximum atomic E-state index is 12.3. The number of alkyl halides is 3. The molecule has 0 atom stereocenters. The summed E-state index contributed by atoms with van der Waals surface area (Å²) in [5.41, 5.74) is 2.05. The highest BCUT2D eigenvalue weighted by Crippen LogP contribution is 2.28. The molecule has 0 aliphatic carbocycles. The zero-order chi connectivity index (χ0) is 10.2. The Morgan fingerprint density at radius 3 is 2.86 bits per heavy atom. The van der Waals surface area contributed by atoms with Gasteiger partial charge in [0.15, 0.2) is 5.69 Å². The van der Waals surface area contributed by atoms with Crippen LogP contribution >= 0.6 is 0 Å². The van der Waals surface area contributed by atoms with Gasteiger partial charge in [-0.25, -0.2) is 4.98 Å². The molecular formula is C8H10F3N3. The summed E-state index contributed by atoms with van der Waals surface area (Å²) >= 11 is 0. The predicted molar refractivity (Wildman–Crippen MR) is 44.4 cm³/mol. The number of rotatable bonds is 0. The van der Waals surface area contributed by atoms with Gasteiger partial charge < -0.3 is 5.43 Å². The topological polar surface area (TPSA) is 29.9 Å². The molecule has 3 nitrogen and oxygen atoms in total. The number of hydrogen-bond donors (Lipinski definition) is 1. The minimum Gasteiger partial charge on any atom is -0.325 e. The Kier molecular flexibility index (Phi) is 2.13. The van der Waals surface area contributed by atoms with Gasteiger partial charge in [-0.2, -0.15) is 13.2 Å². The molecule has 0 amide bonds. The Morgan fingerprint density at radius 1 is 1.36 bits per heavy atom. The molecule has 14 heavy (non-hydrogen) atoms. The van der Waals surface area contributed by atoms with E-state index in [4.69, 9.17) is 0 Å². The van der Waals surface area contributed by atoms with E-state index in [1.165, 1.54) is 4.68 Å². The molecule has 2 heterocycles. The highest BCUT2D eigenvalue weighted by Gasteiger charge is 2.34. The molecule has 1 aromatic heterocycles. The highest BCUT2D eigenvalue weighted by atomic mass is 19.4. The minimum absolute atomic E-state index is 0.467. The molecule has 2 rings (SSSR count). The summed E-state index contributed by atoms with van der Waals surface area (Å²) in [7, 11) is 0. The Hall–Kier alpha value is -1.20. The van der Waals surface area contributed by atoms with Gasteiger partial charge in [0.25, 0.3) is 0 Å². The minimum atomic E-state index is -4.35. The highest BCUT2D eigenvalue weighted by molar-refractivity contribution is 5.10. The van der Waals surface area contributed by atoms with Crippen molar-refractivity contribution in [2.24, 2.45) is 0 Å². The van der Waals surface area contributed by atoms with Crippen LogP contribution in [0.3, 0.4) is 0 Å². The average Bonchev–Trinajstić information content (AvgIpc) is 2.38. The number of nitrogens with zero attached hydrogens (tertiary/aromatic N) is 2. The first-order valence-electron chi connectivity index (χ1n) is 4.47. The molecule has 1 N–H and O–H groups in total. The van der Waals surface area contributed by atoms with Crippen LogP contribution in [0.25, 0.3) is 0 Å². The molecule has 0 saturated carbocycles. The second kappa shape index (κ2) is 3.18. The van der Waals surface area contributed by atoms with Crippen molar-refractivity contribution in [2.75, 3.05) is 12.0 Å². The third-order valence-electron chi connectivity index (χ3n) is 2.18. The van der Waals surface area contributed by atoms with E-state index in [2.05, 4.69) is 10.4 Å². The Labute approximate surface area is 78.9 Å². The fourth-order valence-corrected chi connectivity index (χ4v) is 1.48. The molecule has 0 saturated heterocycles. The van der Waals surface area contributed by atoms with Crippen molar-refractivity contribution in [1.29, 1.82) is 0 Å². The van der Waals surface area contributed by atoms with Gasteiger partial charge in [-0.05, 0) is 12.8 Å². The zero-order valence-electron chi connectivity index (χ0n) is 7.43. The van der Waals surface area contributed by atoms with Gasteiger partial charge in [0, 0.05) is 13.0 Å². The maximum Gasteiger partial charge on any atom is 0.434 e. The van der Waals surface area contributed by atoms with Crippen molar-refractivity contribution in [3.05, 3.63) is 17.7 Å². The SMILES string of the molecule is FC(F)(F)c1cn2c(n1)CCCCN2. The van der Waals surface area contributed by atoms with Crippen LogP contribution in [0.4, 0.5) is 13.2 Å². The standard InChI is InChI=1S/C8H10F3N3/c9-8(10,11)6-5-14-7(13-6)3-1-2-4-12-14/h5,12H,1-4H2. The van der Waals surface area contributed by atoms with E-state index in [1.54, 1.807) is 0 Å². The van der Waals surface area contributed by atoms with Gasteiger partial charge in [0.1, 0.15) is 5.82 Å². The predicted octanol–water partition coefficient (Wildman–Crippen LogP) is 1.78. The molecule has 1 aliphatic rings. The van der Waals surface area contributed by atoms with Gasteiger partial charge in [0.2, 0.25) is 0 Å². The molecule has 1 aliphatic heterocycles. The van der Waals surface area contributed by atoms with E-state index >= 15 is 0 Å². The van der Waals surface area contributed by atoms with Crippen molar-refractivity contribution in [3.8, 4) is 0 Å². The molecule has 0 spiro atoms. The second-order valence-corrected chi connectivity index (χ2v) is 3.28. The Bertz CT molecular complexity index is 306. The van der Waals surface area contributed by atoms with Gasteiger partial charge in [0.05, 0.1) is 6.20 Å². The molecule has 0 bridgehead atoms. The molecule has 1 aromatic rings. The van der Waals surface area contributed by atoms with Crippen LogP contribution in [0.1, 0.15) is 24.4 Å². The summed E-state index contributed by atoms with van der Waals surface area (Å²) in [5, 5.41) is 0. The number of halogens is 3. The zero-order valence-corrected chi connectivity index (χ0v) is 7.43. The van der Waals surface area contributed by atoms with Crippen LogP contribution in [0, 0.1) is 0 Å². The number of aryl methyl sites for hydroxylation is 1. The third kappa shape index (κ3) is 1.69. The quantitative estimate of drug-likeness (QED) is 0.699. The molecule has 78 valence electrons. The van der Waals surface area contributed by atoms with Crippen molar-refractivity contribution in [3.63, 3.8) is 0 Å². The van der Waals surface area contributed by atoms with Crippen molar-refractivity contribution < 1.29 is 13.2 Å². The van der Waals surface area contributed by atoms with Crippen LogP contribution < -0.4 is 5.43 Å². The fourth-order valence-electron chi connectivity index (χ4n) is 1.48. The number of fused-ring (bicyclic) bond motifs is 1. The van der Waals surface area contributed by atoms with Gasteiger partial charge in [-0.1, -0.05) is 0 Å². The van der Waals surface area contributed by atoms with E-state index < -0.39 is 11.9 Å². The van der Waals surface area contributed by atoms with Crippen LogP contribution in [-0.2, 0) is 12.6 Å². The largest absolute Gasteiger partial charge is 0.434 e. The molecule has 0 unspecified atom stereocenters. The van der Waals surface area contributed by atoms with Crippen LogP contribution in [0.5, 0.6) is 0 Å². The number of aromatic nitrogens is 2. The summed E-state index contributed by atoms with van der Waals surface area (Å²) in [4.78, 5) is 3.56. The summed E-state index contributed by atoms with van der Waals surface area (Å²) in [6, 6.07) is 0. The Morgan fingerprint density at radius 2 is 2.14 bits per heavy atom. The number of nitrogens with one attached hydrogen (secondary N) is 1. The first-order valence-corrected chi connectivity index (χ1v) is 4.47. The lowest BCUT2D eigenvalue weighted by Gasteiger charge is -2.04. The first kappa shape index (κ1) is 9.36. The van der Waals surface area contributed by atoms with Crippen molar-refractivity contribution in [1.82, 2.24) is 9.66 Å². The number of hydrogen-bond acceptors (Lipinski definition) is 2. The molecule has 0 radical (unpaired) electrons. The third-order valence-corrected chi connectivity index (χ3v) is 2.18. The van der Waals surface area contributed by atoms with E-state index in [0.717, 1.165) is 19.0 Å². The lowest BCUT2D eigenvalue weighted by molar-refractivity contribution is -0.141. The maximum absolute atomic E-state index is 12.3. The van der Waals surface area contributed by atoms with E-state index in [1.807, 2.05) is 0 Å². The Balaban J connectivity index is 2.31. The summed E-state index contributed by atoms with van der Waals surface area (Å²) in [6.45, 7) is 0.695. The van der Waals surface area contributed by atoms with Gasteiger partial charge in [-0.3, -0.25) is 4.68 Å². The van der Waals surface area contributed by atoms with Crippen LogP contribution in [0.2, 0.25) is 0 Å². The second-order valence-electron chi connectivity index (χ2n) is 3.28. The summed E-state index contributed by atoms with van der Waals surface area (Å²) < 4.78 is 38.2. The van der Waals surface area contributed by atoms with E-state index in [0.29, 0.717) is 18.8 Å². The molecular weight excluding hydrogens is 195 g/mol. The summed E-state index contributed by atoms with van der Waals surface area (Å²) in [5.74, 6) is 0.467. The molecule has 6 heteroatoms. The van der Waals surface area contributed by atoms with Crippen molar-refractivity contribution >= 4 is 0 Å². The lowest BCUT2D eigenvalue weighted by Crippen LogP contribution is -2.14. The van der Waals surface area contributed by atoms with Crippen molar-refractivity contribution in [2.45, 2.75) is 25.4 Å². The van der Waals surface area contributed by atoms with E-state index in [9.17, 15) is 13.2 Å². The first-order chi connectivity index (χ1) is 6.57. The molecule has 0 aromatic carbocycles. The van der Waals surface area contributed by atoms with E-state index in [-0.39, 0.29) is 0 Å². The van der Waals surface area contributed by atoms with Gasteiger partial charge >= 0.3 is 6.18 Å². The number of imidazole rings is 1. The normalized spacial score (nSPS) is 17.1. The molecule has 0 fully saturated rings. The summed E-state index contributed by atoms with van der Waals surface area (Å²) in [6.07, 6.45) is -0.892. The van der Waals surface area contributed by atoms with Crippen LogP contribution in [-0.4, -0.2) is 16.2 Å². The monoisotopic (exact) mass is 205 g/mol. The fraction of sp³-hybridized carbons (Fsp3) is 0.625. The smallest absolute Gasteiger partial charge is 0.325 e.